The molecule has 0 atom stereocenters. The second-order valence-corrected chi connectivity index (χ2v) is 13.3. The molecule has 0 bridgehead atoms. The Balaban J connectivity index is 1.33. The molecule has 10 rings (SSSR count). The number of rotatable bonds is 5. The Morgan fingerprint density at radius 2 is 0.627 bits per heavy atom. The van der Waals surface area contributed by atoms with E-state index in [1.54, 1.807) is 0 Å². The first-order valence-electron chi connectivity index (χ1n) is 17.6. The largest absolute Gasteiger partial charge is 0.311 e. The van der Waals surface area contributed by atoms with Crippen molar-refractivity contribution < 1.29 is 0 Å². The molecule has 51 heavy (non-hydrogen) atoms. The summed E-state index contributed by atoms with van der Waals surface area (Å²) >= 11 is 0. The molecule has 0 unspecified atom stereocenters. The van der Waals surface area contributed by atoms with Crippen molar-refractivity contribution in [3.8, 4) is 33.4 Å². The van der Waals surface area contributed by atoms with Crippen LogP contribution in [0.2, 0.25) is 0 Å². The number of anilines is 6. The normalized spacial score (nSPS) is 12.6. The maximum absolute atomic E-state index is 2.49. The van der Waals surface area contributed by atoms with Gasteiger partial charge in [0.1, 0.15) is 0 Å². The van der Waals surface area contributed by atoms with Gasteiger partial charge in [0.05, 0.1) is 0 Å². The van der Waals surface area contributed by atoms with Gasteiger partial charge in [0.15, 0.2) is 0 Å². The fourth-order valence-electron chi connectivity index (χ4n) is 8.13. The molecule has 0 saturated heterocycles. The van der Waals surface area contributed by atoms with Gasteiger partial charge in [0.2, 0.25) is 0 Å². The lowest BCUT2D eigenvalue weighted by atomic mass is 9.33. The lowest BCUT2D eigenvalue weighted by molar-refractivity contribution is 1.25. The summed E-state index contributed by atoms with van der Waals surface area (Å²) in [6.07, 6.45) is 0. The Morgan fingerprint density at radius 3 is 1.02 bits per heavy atom. The summed E-state index contributed by atoms with van der Waals surface area (Å²) in [6.45, 7) is 0.0112. The average Bonchev–Trinajstić information content (AvgIpc) is 3.22. The quantitative estimate of drug-likeness (QED) is 0.171. The van der Waals surface area contributed by atoms with Crippen molar-refractivity contribution in [2.75, 3.05) is 9.80 Å². The van der Waals surface area contributed by atoms with Gasteiger partial charge in [-0.3, -0.25) is 0 Å². The highest BCUT2D eigenvalue weighted by Crippen LogP contribution is 2.46. The summed E-state index contributed by atoms with van der Waals surface area (Å²) in [5.41, 5.74) is 18.3. The predicted octanol–water partition coefficient (Wildman–Crippen LogP) is 10.8. The summed E-state index contributed by atoms with van der Waals surface area (Å²) in [4.78, 5) is 4.97. The van der Waals surface area contributed by atoms with Crippen LogP contribution in [-0.4, -0.2) is 6.71 Å². The third kappa shape index (κ3) is 4.89. The van der Waals surface area contributed by atoms with Crippen molar-refractivity contribution in [3.05, 3.63) is 200 Å². The van der Waals surface area contributed by atoms with Crippen molar-refractivity contribution in [2.45, 2.75) is 0 Å². The van der Waals surface area contributed by atoms with Crippen molar-refractivity contribution in [1.82, 2.24) is 0 Å². The van der Waals surface area contributed by atoms with Gasteiger partial charge in [0, 0.05) is 34.1 Å². The second kappa shape index (κ2) is 12.1. The average molecular weight is 649 g/mol. The molecule has 2 nitrogen and oxygen atoms in total. The van der Waals surface area contributed by atoms with E-state index < -0.39 is 0 Å². The van der Waals surface area contributed by atoms with Crippen LogP contribution in [0.3, 0.4) is 0 Å². The molecule has 0 fully saturated rings. The number of para-hydroxylation sites is 2. The van der Waals surface area contributed by atoms with E-state index in [4.69, 9.17) is 0 Å². The van der Waals surface area contributed by atoms with E-state index in [0.717, 1.165) is 11.4 Å². The van der Waals surface area contributed by atoms with Gasteiger partial charge in [-0.05, 0) is 98.3 Å². The van der Waals surface area contributed by atoms with Gasteiger partial charge >= 0.3 is 0 Å². The molecule has 2 heterocycles. The van der Waals surface area contributed by atoms with E-state index >= 15 is 0 Å². The van der Waals surface area contributed by atoms with Crippen LogP contribution in [0.25, 0.3) is 33.4 Å². The first-order valence-corrected chi connectivity index (χ1v) is 17.6. The lowest BCUT2D eigenvalue weighted by Gasteiger charge is -2.44. The monoisotopic (exact) mass is 648 g/mol. The van der Waals surface area contributed by atoms with Crippen LogP contribution in [0.4, 0.5) is 34.1 Å². The van der Waals surface area contributed by atoms with Crippen molar-refractivity contribution in [2.24, 2.45) is 0 Å². The standard InChI is InChI=1S/C48H33BN2/c1-6-16-34(17-7-1)37-26-28-44-42(30-37)49-43-31-38(35-18-8-2-9-19-35)27-29-45(43)51(41-24-14-5-15-25-41)47-33-39(36-20-10-3-11-21-36)32-46(48(47)49)50(44)40-22-12-4-13-23-40/h1-33H. The molecule has 0 radical (unpaired) electrons. The van der Waals surface area contributed by atoms with E-state index in [0.29, 0.717) is 0 Å². The van der Waals surface area contributed by atoms with E-state index in [1.807, 2.05) is 0 Å². The summed E-state index contributed by atoms with van der Waals surface area (Å²) in [6, 6.07) is 73.0. The Morgan fingerprint density at radius 1 is 0.275 bits per heavy atom. The summed E-state index contributed by atoms with van der Waals surface area (Å²) in [5, 5.41) is 0. The molecule has 0 saturated carbocycles. The summed E-state index contributed by atoms with van der Waals surface area (Å²) in [7, 11) is 0. The number of benzene rings is 8. The minimum Gasteiger partial charge on any atom is -0.311 e. The Bertz CT molecular complexity index is 2360. The summed E-state index contributed by atoms with van der Waals surface area (Å²) in [5.74, 6) is 0. The van der Waals surface area contributed by atoms with E-state index in [2.05, 4.69) is 210 Å². The Hall–Kier alpha value is -6.58. The lowest BCUT2D eigenvalue weighted by Crippen LogP contribution is -2.61. The highest BCUT2D eigenvalue weighted by atomic mass is 15.2. The first-order chi connectivity index (χ1) is 25.3. The second-order valence-electron chi connectivity index (χ2n) is 13.3. The molecular formula is C48H33BN2. The smallest absolute Gasteiger partial charge is 0.252 e. The first kappa shape index (κ1) is 29.4. The molecule has 238 valence electrons. The molecular weight excluding hydrogens is 615 g/mol. The maximum Gasteiger partial charge on any atom is 0.252 e. The molecule has 3 heteroatoms. The van der Waals surface area contributed by atoms with Crippen LogP contribution in [0.15, 0.2) is 200 Å². The van der Waals surface area contributed by atoms with Crippen LogP contribution in [0.1, 0.15) is 0 Å². The van der Waals surface area contributed by atoms with E-state index in [-0.39, 0.29) is 6.71 Å². The third-order valence-corrected chi connectivity index (χ3v) is 10.4. The molecule has 0 aromatic heterocycles. The fourth-order valence-corrected chi connectivity index (χ4v) is 8.13. The number of hydrogen-bond donors (Lipinski definition) is 0. The minimum absolute atomic E-state index is 0.0112. The van der Waals surface area contributed by atoms with Crippen LogP contribution >= 0.6 is 0 Å². The molecule has 8 aromatic carbocycles. The third-order valence-electron chi connectivity index (χ3n) is 10.4. The van der Waals surface area contributed by atoms with E-state index in [9.17, 15) is 0 Å². The van der Waals surface area contributed by atoms with Gasteiger partial charge in [-0.25, -0.2) is 0 Å². The zero-order chi connectivity index (χ0) is 33.7. The predicted molar refractivity (Wildman–Crippen MR) is 217 cm³/mol. The van der Waals surface area contributed by atoms with Crippen LogP contribution < -0.4 is 26.2 Å². The molecule has 0 aliphatic carbocycles. The molecule has 2 aliphatic heterocycles. The highest BCUT2D eigenvalue weighted by molar-refractivity contribution is 7.00. The fraction of sp³-hybridized carbons (Fsp3) is 0. The van der Waals surface area contributed by atoms with Crippen LogP contribution in [-0.2, 0) is 0 Å². The molecule has 0 N–H and O–H groups in total. The van der Waals surface area contributed by atoms with Crippen molar-refractivity contribution >= 4 is 57.2 Å². The molecule has 0 amide bonds. The van der Waals surface area contributed by atoms with Crippen molar-refractivity contribution in [1.29, 1.82) is 0 Å². The maximum atomic E-state index is 2.49. The van der Waals surface area contributed by atoms with Gasteiger partial charge in [0.25, 0.3) is 6.71 Å². The SMILES string of the molecule is c1ccc(-c2ccc3c(c2)B2c4cc(-c5ccccc5)ccc4N(c4ccccc4)c4cc(-c5ccccc5)cc(c42)N3c2ccccc2)cc1. The van der Waals surface area contributed by atoms with Crippen molar-refractivity contribution in [3.63, 3.8) is 0 Å². The van der Waals surface area contributed by atoms with Gasteiger partial charge < -0.3 is 9.80 Å². The molecule has 8 aromatic rings. The highest BCUT2D eigenvalue weighted by Gasteiger charge is 2.43. The molecule has 2 aliphatic rings. The zero-order valence-electron chi connectivity index (χ0n) is 28.0. The van der Waals surface area contributed by atoms with Gasteiger partial charge in [-0.2, -0.15) is 0 Å². The number of fused-ring (bicyclic) bond motifs is 4. The van der Waals surface area contributed by atoms with E-state index in [1.165, 1.54) is 72.5 Å². The number of hydrogen-bond acceptors (Lipinski definition) is 2. The van der Waals surface area contributed by atoms with Crippen LogP contribution in [0.5, 0.6) is 0 Å². The summed E-state index contributed by atoms with van der Waals surface area (Å²) < 4.78 is 0. The van der Waals surface area contributed by atoms with Gasteiger partial charge in [-0.1, -0.05) is 152 Å². The van der Waals surface area contributed by atoms with Gasteiger partial charge in [-0.15, -0.1) is 0 Å². The topological polar surface area (TPSA) is 6.48 Å². The Labute approximate surface area is 299 Å². The van der Waals surface area contributed by atoms with Crippen LogP contribution in [0, 0.1) is 0 Å². The zero-order valence-corrected chi connectivity index (χ0v) is 28.0. The molecule has 0 spiro atoms. The Kier molecular flexibility index (Phi) is 6.95. The minimum atomic E-state index is 0.0112. The number of nitrogens with zero attached hydrogens (tertiary/aromatic N) is 2.